The zero-order valence-electron chi connectivity index (χ0n) is 24.1. The Kier molecular flexibility index (Phi) is 13.9. The Hall–Kier alpha value is -4.72. The number of hydrogen-bond donors (Lipinski definition) is 6. The third-order valence-electron chi connectivity index (χ3n) is 6.74. The molecule has 1 aromatic heterocycles. The van der Waals surface area contributed by atoms with Gasteiger partial charge in [0.15, 0.2) is 5.76 Å². The fraction of sp³-hybridized carbons (Fsp3) is 0.448. The van der Waals surface area contributed by atoms with Crippen LogP contribution in [0.2, 0.25) is 0 Å². The summed E-state index contributed by atoms with van der Waals surface area (Å²) in [6.07, 6.45) is 2.76. The minimum atomic E-state index is -1.54. The monoisotopic (exact) mass is 602 g/mol. The molecule has 0 fully saturated rings. The largest absolute Gasteiger partial charge is 0.481 e. The quantitative estimate of drug-likeness (QED) is 0.0453. The summed E-state index contributed by atoms with van der Waals surface area (Å²) < 4.78 is 5.64. The van der Waals surface area contributed by atoms with Crippen molar-refractivity contribution in [1.82, 2.24) is 21.0 Å². The highest BCUT2D eigenvalue weighted by molar-refractivity contribution is 5.92. The Bertz CT molecular complexity index is 1260. The summed E-state index contributed by atoms with van der Waals surface area (Å²) >= 11 is 0. The van der Waals surface area contributed by atoms with Gasteiger partial charge in [-0.1, -0.05) is 57.4 Å². The van der Waals surface area contributed by atoms with Gasteiger partial charge < -0.3 is 30.6 Å². The molecule has 0 saturated heterocycles. The molecule has 1 heterocycles. The van der Waals surface area contributed by atoms with Crippen molar-refractivity contribution in [2.45, 2.75) is 70.9 Å². The Morgan fingerprint density at radius 1 is 0.977 bits per heavy atom. The summed E-state index contributed by atoms with van der Waals surface area (Å²) in [6, 6.07) is 7.29. The fourth-order valence-corrected chi connectivity index (χ4v) is 4.48. The number of carbonyl (C=O) groups excluding carboxylic acids is 4. The van der Waals surface area contributed by atoms with Crippen LogP contribution in [0.4, 0.5) is 0 Å². The number of aliphatic carboxylic acids is 2. The van der Waals surface area contributed by atoms with Crippen molar-refractivity contribution in [3.63, 3.8) is 0 Å². The highest BCUT2D eigenvalue weighted by Gasteiger charge is 2.30. The van der Waals surface area contributed by atoms with Gasteiger partial charge in [0.1, 0.15) is 11.8 Å². The zero-order chi connectivity index (χ0) is 31.9. The molecule has 3 atom stereocenters. The van der Waals surface area contributed by atoms with Gasteiger partial charge in [0.2, 0.25) is 18.2 Å². The molecular formula is C29H38N4O10. The number of amides is 4. The molecule has 234 valence electrons. The van der Waals surface area contributed by atoms with Crippen molar-refractivity contribution in [2.75, 3.05) is 6.67 Å². The maximum atomic E-state index is 12.9. The third kappa shape index (κ3) is 10.9. The molecule has 14 heteroatoms. The van der Waals surface area contributed by atoms with E-state index in [0.717, 1.165) is 19.3 Å². The van der Waals surface area contributed by atoms with E-state index in [0.29, 0.717) is 34.8 Å². The Balaban J connectivity index is 1.94. The summed E-state index contributed by atoms with van der Waals surface area (Å²) in [5.74, 6) is -4.75. The highest BCUT2D eigenvalue weighted by Crippen LogP contribution is 2.23. The van der Waals surface area contributed by atoms with Crippen LogP contribution in [0.25, 0.3) is 11.3 Å². The molecule has 0 unspecified atom stereocenters. The molecule has 0 aliphatic rings. The maximum Gasteiger partial charge on any atom is 0.326 e. The van der Waals surface area contributed by atoms with E-state index in [1.807, 2.05) is 6.92 Å². The summed E-state index contributed by atoms with van der Waals surface area (Å²) in [7, 11) is 0. The zero-order valence-corrected chi connectivity index (χ0v) is 24.1. The Morgan fingerprint density at radius 2 is 1.67 bits per heavy atom. The second-order valence-electron chi connectivity index (χ2n) is 9.88. The number of nitrogens with one attached hydrogen (secondary N) is 3. The lowest BCUT2D eigenvalue weighted by molar-refractivity contribution is -0.168. The first kappa shape index (κ1) is 34.5. The molecule has 0 bridgehead atoms. The first-order valence-electron chi connectivity index (χ1n) is 13.9. The lowest BCUT2D eigenvalue weighted by Crippen LogP contribution is -2.47. The molecule has 14 nitrogen and oxygen atoms in total. The molecule has 2 rings (SSSR count). The topological polar surface area (TPSA) is 216 Å². The number of benzene rings is 1. The molecule has 0 saturated carbocycles. The number of carboxylic acid groups (broad SMARTS) is 2. The summed E-state index contributed by atoms with van der Waals surface area (Å²) in [6.45, 7) is 3.59. The van der Waals surface area contributed by atoms with Gasteiger partial charge in [0, 0.05) is 5.56 Å². The van der Waals surface area contributed by atoms with Crippen molar-refractivity contribution in [1.29, 1.82) is 0 Å². The van der Waals surface area contributed by atoms with Gasteiger partial charge in [-0.3, -0.25) is 29.2 Å². The van der Waals surface area contributed by atoms with Crippen LogP contribution in [-0.4, -0.2) is 75.3 Å². The lowest BCUT2D eigenvalue weighted by Gasteiger charge is -2.29. The molecule has 43 heavy (non-hydrogen) atoms. The van der Waals surface area contributed by atoms with Crippen LogP contribution in [0.3, 0.4) is 0 Å². The molecule has 0 aliphatic carbocycles. The fourth-order valence-electron chi connectivity index (χ4n) is 4.48. The minimum Gasteiger partial charge on any atom is -0.481 e. The molecule has 2 aromatic rings. The second kappa shape index (κ2) is 17.3. The van der Waals surface area contributed by atoms with E-state index in [4.69, 9.17) is 14.6 Å². The van der Waals surface area contributed by atoms with Crippen LogP contribution in [0, 0.1) is 5.92 Å². The minimum absolute atomic E-state index is 0.0146. The number of carboxylic acids is 2. The van der Waals surface area contributed by atoms with Crippen molar-refractivity contribution in [2.24, 2.45) is 5.92 Å². The Labute approximate surface area is 248 Å². The van der Waals surface area contributed by atoms with Gasteiger partial charge in [-0.2, -0.15) is 0 Å². The summed E-state index contributed by atoms with van der Waals surface area (Å²) in [5, 5.41) is 35.7. The van der Waals surface area contributed by atoms with E-state index < -0.39 is 54.1 Å². The molecule has 0 aliphatic heterocycles. The van der Waals surface area contributed by atoms with Crippen molar-refractivity contribution in [3.8, 4) is 11.3 Å². The number of nitrogens with zero attached hydrogens (tertiary/aromatic N) is 1. The number of hydrogen-bond acceptors (Lipinski definition) is 8. The predicted molar refractivity (Wildman–Crippen MR) is 152 cm³/mol. The van der Waals surface area contributed by atoms with E-state index in [1.165, 1.54) is 6.07 Å². The second-order valence-corrected chi connectivity index (χ2v) is 9.88. The van der Waals surface area contributed by atoms with Gasteiger partial charge >= 0.3 is 11.9 Å². The van der Waals surface area contributed by atoms with E-state index in [-0.39, 0.29) is 25.3 Å². The van der Waals surface area contributed by atoms with E-state index in [1.54, 1.807) is 37.3 Å². The SMILES string of the molecule is CCCCC[C@@H](C(=O)NCNC(=O)c1ccc(-c2ccc(CC(=O)N[C@@H](CC(=O)O)C(=O)O)cc2)o1)[C@@H](CC)N(O)C=O. The first-order valence-corrected chi connectivity index (χ1v) is 13.9. The van der Waals surface area contributed by atoms with Crippen LogP contribution in [-0.2, 0) is 30.4 Å². The van der Waals surface area contributed by atoms with Gasteiger partial charge in [-0.15, -0.1) is 0 Å². The summed E-state index contributed by atoms with van der Waals surface area (Å²) in [5.41, 5.74) is 1.13. The van der Waals surface area contributed by atoms with E-state index >= 15 is 0 Å². The lowest BCUT2D eigenvalue weighted by atomic mass is 9.90. The van der Waals surface area contributed by atoms with Crippen LogP contribution in [0.15, 0.2) is 40.8 Å². The Morgan fingerprint density at radius 3 is 2.26 bits per heavy atom. The summed E-state index contributed by atoms with van der Waals surface area (Å²) in [4.78, 5) is 70.7. The highest BCUT2D eigenvalue weighted by atomic mass is 16.5. The van der Waals surface area contributed by atoms with Gasteiger partial charge in [0.05, 0.1) is 31.5 Å². The normalized spacial score (nSPS) is 12.8. The number of furan rings is 1. The van der Waals surface area contributed by atoms with Crippen LogP contribution < -0.4 is 16.0 Å². The molecule has 4 amide bonds. The first-order chi connectivity index (χ1) is 20.5. The maximum absolute atomic E-state index is 12.9. The van der Waals surface area contributed by atoms with Crippen molar-refractivity contribution in [3.05, 3.63) is 47.7 Å². The molecular weight excluding hydrogens is 564 g/mol. The smallest absolute Gasteiger partial charge is 0.326 e. The number of carbonyl (C=O) groups is 6. The average Bonchev–Trinajstić information content (AvgIpc) is 3.47. The van der Waals surface area contributed by atoms with E-state index in [2.05, 4.69) is 16.0 Å². The van der Waals surface area contributed by atoms with Crippen molar-refractivity contribution >= 4 is 36.1 Å². The third-order valence-corrected chi connectivity index (χ3v) is 6.74. The number of rotatable bonds is 19. The van der Waals surface area contributed by atoms with Crippen LogP contribution in [0.1, 0.15) is 68.5 Å². The molecule has 6 N–H and O–H groups in total. The standard InChI is InChI=1S/C29H38N4O10/c1-3-5-6-7-20(22(4-2)33(42)17-34)27(38)30-16-31-28(39)24-13-12-23(43-24)19-10-8-18(9-11-19)14-25(35)32-21(29(40)41)15-26(36)37/h8-13,17,20-22,42H,3-7,14-16H2,1-2H3,(H,30,38)(H,31,39)(H,32,35)(H,36,37)(H,40,41)/t20-,21+,22-/m1/s1. The number of unbranched alkanes of at least 4 members (excludes halogenated alkanes) is 2. The molecule has 1 aromatic carbocycles. The van der Waals surface area contributed by atoms with Crippen LogP contribution in [0.5, 0.6) is 0 Å². The molecule has 0 radical (unpaired) electrons. The predicted octanol–water partition coefficient (Wildman–Crippen LogP) is 2.16. The van der Waals surface area contributed by atoms with E-state index in [9.17, 15) is 34.0 Å². The van der Waals surface area contributed by atoms with Crippen molar-refractivity contribution < 1.29 is 48.6 Å². The van der Waals surface area contributed by atoms with Gasteiger partial charge in [-0.05, 0) is 30.5 Å². The molecule has 0 spiro atoms. The number of hydroxylamine groups is 2. The van der Waals surface area contributed by atoms with Gasteiger partial charge in [-0.25, -0.2) is 9.86 Å². The average molecular weight is 603 g/mol. The van der Waals surface area contributed by atoms with Crippen LogP contribution >= 0.6 is 0 Å². The van der Waals surface area contributed by atoms with Gasteiger partial charge in [0.25, 0.3) is 5.91 Å².